The van der Waals surface area contributed by atoms with Gasteiger partial charge < -0.3 is 5.32 Å². The first-order chi connectivity index (χ1) is 11.9. The van der Waals surface area contributed by atoms with Gasteiger partial charge in [-0.05, 0) is 18.6 Å². The van der Waals surface area contributed by atoms with Gasteiger partial charge in [-0.15, -0.1) is 0 Å². The number of hydrogen-bond acceptors (Lipinski definition) is 3. The average molecular weight is 420 g/mol. The molecular weight excluding hydrogens is 413 g/mol. The third kappa shape index (κ3) is 4.22. The summed E-state index contributed by atoms with van der Waals surface area (Å²) < 4.78 is 142. The molecule has 0 fully saturated rings. The number of hydrogen-bond donors (Lipinski definition) is 1. The van der Waals surface area contributed by atoms with Gasteiger partial charge in [0.2, 0.25) is 0 Å². The van der Waals surface area contributed by atoms with Crippen LogP contribution in [-0.2, 0) is 9.53 Å². The van der Waals surface area contributed by atoms with Gasteiger partial charge in [-0.1, -0.05) is 6.07 Å². The van der Waals surface area contributed by atoms with Crippen LogP contribution in [0.5, 0.6) is 0 Å². The second-order valence-electron chi connectivity index (χ2n) is 4.91. The van der Waals surface area contributed by atoms with Crippen molar-refractivity contribution in [3.63, 3.8) is 0 Å². The normalized spacial score (nSPS) is 16.0. The fraction of sp³-hybridized carbons (Fsp3) is 0.500. The zero-order valence-corrected chi connectivity index (χ0v) is 12.7. The predicted octanol–water partition coefficient (Wildman–Crippen LogP) is 4.36. The first-order valence-electron chi connectivity index (χ1n) is 6.38. The number of carbonyl (C=O) groups is 1. The second kappa shape index (κ2) is 6.76. The summed E-state index contributed by atoms with van der Waals surface area (Å²) in [5.74, 6) is -17.5. The number of nitrogens with zero attached hydrogens (tertiary/aromatic N) is 1. The van der Waals surface area contributed by atoms with Crippen LogP contribution in [0.1, 0.15) is 5.56 Å². The lowest BCUT2D eigenvalue weighted by molar-refractivity contribution is -0.472. The highest BCUT2D eigenvalue weighted by molar-refractivity contribution is 5.96. The summed E-state index contributed by atoms with van der Waals surface area (Å²) in [5, 5.41) is 1.04. The molecule has 1 N–H and O–H groups in total. The fourth-order valence-electron chi connectivity index (χ4n) is 1.44. The van der Waals surface area contributed by atoms with Crippen LogP contribution in [0.3, 0.4) is 0 Å². The van der Waals surface area contributed by atoms with Crippen LogP contribution in [0, 0.1) is 6.92 Å². The van der Waals surface area contributed by atoms with Gasteiger partial charge in [-0.3, -0.25) is 9.53 Å². The maximum absolute atomic E-state index is 14.0. The van der Waals surface area contributed by atoms with E-state index < -0.39 is 42.0 Å². The molecule has 0 radical (unpaired) electrons. The number of aryl methyl sites for hydroxylation is 1. The minimum atomic E-state index is -7.25. The number of amides is 1. The van der Waals surface area contributed by atoms with Gasteiger partial charge in [0.1, 0.15) is 5.82 Å². The molecule has 0 saturated carbocycles. The summed E-state index contributed by atoms with van der Waals surface area (Å²) in [6.45, 7) is 1.11. The van der Waals surface area contributed by atoms with Gasteiger partial charge in [0.25, 0.3) is 0 Å². The number of ether oxygens (including phenoxy) is 1. The topological polar surface area (TPSA) is 51.2 Å². The quantitative estimate of drug-likeness (QED) is 0.721. The summed E-state index contributed by atoms with van der Waals surface area (Å²) in [4.78, 5) is 14.7. The molecule has 0 aliphatic rings. The Labute approximate surface area is 142 Å². The Morgan fingerprint density at radius 1 is 0.963 bits per heavy atom. The third-order valence-electron chi connectivity index (χ3n) is 2.89. The maximum Gasteiger partial charge on any atom is 0.462 e. The van der Waals surface area contributed by atoms with E-state index in [1.807, 2.05) is 0 Å². The molecule has 0 bridgehead atoms. The van der Waals surface area contributed by atoms with Crippen molar-refractivity contribution >= 4 is 11.7 Å². The summed E-state index contributed by atoms with van der Waals surface area (Å²) in [5.41, 5.74) is -0.122. The highest BCUT2D eigenvalue weighted by Gasteiger charge is 2.79. The molecule has 0 spiro atoms. The first kappa shape index (κ1) is 22.9. The number of aromatic nitrogens is 1. The average Bonchev–Trinajstić information content (AvgIpc) is 2.46. The Morgan fingerprint density at radius 2 is 1.48 bits per heavy atom. The molecule has 1 rings (SSSR count). The Bertz CT molecular complexity index is 701. The van der Waals surface area contributed by atoms with Crippen molar-refractivity contribution in [3.05, 3.63) is 23.9 Å². The van der Waals surface area contributed by atoms with Gasteiger partial charge in [-0.25, -0.2) is 4.98 Å². The molecule has 1 amide bonds. The van der Waals surface area contributed by atoms with E-state index >= 15 is 0 Å². The van der Waals surface area contributed by atoms with Crippen molar-refractivity contribution in [2.75, 3.05) is 5.32 Å². The molecule has 1 aromatic heterocycles. The lowest BCUT2D eigenvalue weighted by atomic mass is 10.2. The van der Waals surface area contributed by atoms with Crippen LogP contribution in [0.4, 0.5) is 54.1 Å². The molecule has 1 atom stereocenters. The zero-order valence-electron chi connectivity index (χ0n) is 12.7. The maximum atomic E-state index is 14.0. The molecule has 0 unspecified atom stereocenters. The lowest BCUT2D eigenvalue weighted by Gasteiger charge is -2.34. The molecule has 1 aromatic rings. The van der Waals surface area contributed by atoms with E-state index in [1.54, 1.807) is 0 Å². The highest BCUT2D eigenvalue weighted by atomic mass is 19.4. The molecule has 0 aromatic carbocycles. The zero-order chi connectivity index (χ0) is 21.5. The van der Waals surface area contributed by atoms with Gasteiger partial charge in [-0.2, -0.15) is 48.3 Å². The second-order valence-corrected chi connectivity index (χ2v) is 4.91. The van der Waals surface area contributed by atoms with E-state index in [-0.39, 0.29) is 5.56 Å². The molecular formula is C12H7F11N2O2. The Kier molecular flexibility index (Phi) is 5.72. The molecule has 0 aliphatic carbocycles. The van der Waals surface area contributed by atoms with Gasteiger partial charge in [0.05, 0.1) is 0 Å². The molecule has 1 heterocycles. The SMILES string of the molecule is Cc1cccnc1NC(=O)[C@](F)(OC(F)(F)C(F)(F)C(F)(F)F)C(F)(F)F. The van der Waals surface area contributed by atoms with Gasteiger partial charge in [0.15, 0.2) is 0 Å². The summed E-state index contributed by atoms with van der Waals surface area (Å²) in [6, 6.07) is 2.31. The Morgan fingerprint density at radius 3 is 1.89 bits per heavy atom. The largest absolute Gasteiger partial charge is 0.462 e. The number of pyridine rings is 1. The smallest absolute Gasteiger partial charge is 0.305 e. The van der Waals surface area contributed by atoms with Crippen molar-refractivity contribution in [1.29, 1.82) is 0 Å². The van der Waals surface area contributed by atoms with Crippen LogP contribution >= 0.6 is 0 Å². The van der Waals surface area contributed by atoms with Crippen molar-refractivity contribution in [2.45, 2.75) is 37.2 Å². The van der Waals surface area contributed by atoms with Crippen LogP contribution in [0.25, 0.3) is 0 Å². The summed E-state index contributed by atoms with van der Waals surface area (Å²) >= 11 is 0. The molecule has 27 heavy (non-hydrogen) atoms. The summed E-state index contributed by atoms with van der Waals surface area (Å²) in [6.07, 6.45) is -20.1. The third-order valence-corrected chi connectivity index (χ3v) is 2.89. The van der Waals surface area contributed by atoms with E-state index in [0.717, 1.165) is 24.5 Å². The first-order valence-corrected chi connectivity index (χ1v) is 6.38. The molecule has 4 nitrogen and oxygen atoms in total. The van der Waals surface area contributed by atoms with E-state index in [4.69, 9.17) is 0 Å². The number of carbonyl (C=O) groups excluding carboxylic acids is 1. The molecule has 154 valence electrons. The van der Waals surface area contributed by atoms with Crippen LogP contribution in [0.15, 0.2) is 18.3 Å². The van der Waals surface area contributed by atoms with Gasteiger partial charge >= 0.3 is 36.1 Å². The minimum absolute atomic E-state index is 0.122. The van der Waals surface area contributed by atoms with Gasteiger partial charge in [0, 0.05) is 6.20 Å². The van der Waals surface area contributed by atoms with E-state index in [2.05, 4.69) is 9.72 Å². The van der Waals surface area contributed by atoms with Crippen LogP contribution < -0.4 is 5.32 Å². The monoisotopic (exact) mass is 420 g/mol. The minimum Gasteiger partial charge on any atom is -0.305 e. The van der Waals surface area contributed by atoms with E-state index in [0.29, 0.717) is 0 Å². The standard InChI is InChI=1S/C12H7F11N2O2/c1-5-3-2-4-24-6(5)25-7(26)8(13,10(16,17)18)27-12(22,23)9(14,15)11(19,20)21/h2-4H,1H3,(H,24,25,26)/t8-/m0/s1. The van der Waals surface area contributed by atoms with Crippen LogP contribution in [-0.4, -0.2) is 41.1 Å². The number of alkyl halides is 11. The number of nitrogens with one attached hydrogen (secondary N) is 1. The van der Waals surface area contributed by atoms with Crippen LogP contribution in [0.2, 0.25) is 0 Å². The fourth-order valence-corrected chi connectivity index (χ4v) is 1.44. The number of halogens is 11. The Hall–Kier alpha value is -2.19. The van der Waals surface area contributed by atoms with Crippen molar-refractivity contribution in [1.82, 2.24) is 4.98 Å². The Balaban J connectivity index is 3.32. The molecule has 0 saturated heterocycles. The van der Waals surface area contributed by atoms with E-state index in [9.17, 15) is 53.1 Å². The summed E-state index contributed by atoms with van der Waals surface area (Å²) in [7, 11) is 0. The molecule has 15 heteroatoms. The molecule has 0 aliphatic heterocycles. The van der Waals surface area contributed by atoms with Crippen molar-refractivity contribution < 1.29 is 57.8 Å². The number of rotatable bonds is 5. The number of anilines is 1. The van der Waals surface area contributed by atoms with Crippen molar-refractivity contribution in [3.8, 4) is 0 Å². The highest BCUT2D eigenvalue weighted by Crippen LogP contribution is 2.51. The lowest BCUT2D eigenvalue weighted by Crippen LogP contribution is -2.62. The van der Waals surface area contributed by atoms with Crippen molar-refractivity contribution in [2.24, 2.45) is 0 Å². The van der Waals surface area contributed by atoms with E-state index in [1.165, 1.54) is 6.07 Å². The predicted molar refractivity (Wildman–Crippen MR) is 64.5 cm³/mol.